The van der Waals surface area contributed by atoms with Gasteiger partial charge in [-0.15, -0.1) is 0 Å². The molecule has 1 saturated carbocycles. The molecule has 1 atom stereocenters. The van der Waals surface area contributed by atoms with Crippen LogP contribution < -0.4 is 0 Å². The van der Waals surface area contributed by atoms with Crippen molar-refractivity contribution in [2.24, 2.45) is 5.92 Å². The molecule has 124 valence electrons. The monoisotopic (exact) mass is 314 g/mol. The Hall–Kier alpha value is -1.43. The highest BCUT2D eigenvalue weighted by molar-refractivity contribution is 5.39. The molecule has 0 bridgehead atoms. The summed E-state index contributed by atoms with van der Waals surface area (Å²) in [4.78, 5) is 9.35. The van der Waals surface area contributed by atoms with Crippen LogP contribution in [0, 0.1) is 5.92 Å². The number of hydrogen-bond donors (Lipinski definition) is 0. The number of ether oxygens (including phenoxy) is 1. The van der Waals surface area contributed by atoms with Crippen LogP contribution in [0.15, 0.2) is 30.6 Å². The molecule has 0 aromatic carbocycles. The predicted octanol–water partition coefficient (Wildman–Crippen LogP) is 1.88. The number of imidazole rings is 1. The summed E-state index contributed by atoms with van der Waals surface area (Å²) in [5, 5.41) is 0. The molecule has 2 aromatic heterocycles. The zero-order valence-corrected chi connectivity index (χ0v) is 13.9. The standard InChI is InChI=1S/C18H26N4O/c1-20-9-10-23-17(13-20)14-21(11-15-5-6-15)12-16-3-2-4-18-19-7-8-22(16)18/h2-4,7-8,15,17H,5-6,9-14H2,1H3/t17-/m1/s1. The Kier molecular flexibility index (Phi) is 4.33. The SMILES string of the molecule is CN1CCO[C@@H](CN(Cc2cccc3nccn23)CC2CC2)C1. The number of morpholine rings is 1. The normalized spacial score (nSPS) is 23.0. The Labute approximate surface area is 137 Å². The van der Waals surface area contributed by atoms with Crippen LogP contribution in [0.25, 0.3) is 5.65 Å². The van der Waals surface area contributed by atoms with Gasteiger partial charge in [0.05, 0.1) is 12.7 Å². The highest BCUT2D eigenvalue weighted by atomic mass is 16.5. The first kappa shape index (κ1) is 15.1. The van der Waals surface area contributed by atoms with Gasteiger partial charge in [-0.2, -0.15) is 0 Å². The Morgan fingerprint density at radius 1 is 1.30 bits per heavy atom. The van der Waals surface area contributed by atoms with Crippen LogP contribution >= 0.6 is 0 Å². The Balaban J connectivity index is 1.47. The average Bonchev–Trinajstić information content (AvgIpc) is 3.21. The maximum atomic E-state index is 5.99. The summed E-state index contributed by atoms with van der Waals surface area (Å²) in [7, 11) is 2.19. The highest BCUT2D eigenvalue weighted by Crippen LogP contribution is 2.30. The van der Waals surface area contributed by atoms with Crippen molar-refractivity contribution >= 4 is 5.65 Å². The first-order valence-electron chi connectivity index (χ1n) is 8.71. The molecule has 0 amide bonds. The molecule has 0 spiro atoms. The van der Waals surface area contributed by atoms with Gasteiger partial charge in [0.15, 0.2) is 0 Å². The second kappa shape index (κ2) is 6.59. The predicted molar refractivity (Wildman–Crippen MR) is 90.4 cm³/mol. The minimum atomic E-state index is 0.328. The molecule has 4 rings (SSSR count). The number of likely N-dealkylation sites (N-methyl/N-ethyl adjacent to an activating group) is 1. The minimum absolute atomic E-state index is 0.328. The smallest absolute Gasteiger partial charge is 0.136 e. The Morgan fingerprint density at radius 2 is 2.22 bits per heavy atom. The van der Waals surface area contributed by atoms with Crippen molar-refractivity contribution in [1.29, 1.82) is 0 Å². The highest BCUT2D eigenvalue weighted by Gasteiger charge is 2.27. The van der Waals surface area contributed by atoms with E-state index in [1.54, 1.807) is 0 Å². The number of hydrogen-bond acceptors (Lipinski definition) is 4. The molecule has 0 radical (unpaired) electrons. The van der Waals surface area contributed by atoms with Crippen LogP contribution in [0.5, 0.6) is 0 Å². The first-order valence-corrected chi connectivity index (χ1v) is 8.71. The molecular formula is C18H26N4O. The van der Waals surface area contributed by atoms with E-state index in [0.29, 0.717) is 6.10 Å². The van der Waals surface area contributed by atoms with E-state index in [0.717, 1.165) is 44.4 Å². The molecule has 5 nitrogen and oxygen atoms in total. The van der Waals surface area contributed by atoms with Gasteiger partial charge in [-0.3, -0.25) is 4.90 Å². The fourth-order valence-corrected chi connectivity index (χ4v) is 3.50. The third-order valence-electron chi connectivity index (χ3n) is 4.92. The first-order chi connectivity index (χ1) is 11.3. The zero-order chi connectivity index (χ0) is 15.6. The third-order valence-corrected chi connectivity index (χ3v) is 4.92. The van der Waals surface area contributed by atoms with Gasteiger partial charge < -0.3 is 14.0 Å². The summed E-state index contributed by atoms with van der Waals surface area (Å²) in [6.07, 6.45) is 7.04. The van der Waals surface area contributed by atoms with Crippen LogP contribution in [0.3, 0.4) is 0 Å². The lowest BCUT2D eigenvalue weighted by Crippen LogP contribution is -2.46. The van der Waals surface area contributed by atoms with E-state index in [2.05, 4.69) is 50.6 Å². The van der Waals surface area contributed by atoms with Gasteiger partial charge >= 0.3 is 0 Å². The van der Waals surface area contributed by atoms with Crippen molar-refractivity contribution in [3.05, 3.63) is 36.3 Å². The van der Waals surface area contributed by atoms with Gasteiger partial charge in [0.25, 0.3) is 0 Å². The van der Waals surface area contributed by atoms with E-state index in [-0.39, 0.29) is 0 Å². The molecule has 0 N–H and O–H groups in total. The maximum absolute atomic E-state index is 5.99. The second-order valence-corrected chi connectivity index (χ2v) is 7.07. The quantitative estimate of drug-likeness (QED) is 0.815. The number of rotatable bonds is 6. The fourth-order valence-electron chi connectivity index (χ4n) is 3.50. The fraction of sp³-hybridized carbons (Fsp3) is 0.611. The van der Waals surface area contributed by atoms with Gasteiger partial charge in [-0.25, -0.2) is 4.98 Å². The van der Waals surface area contributed by atoms with Crippen molar-refractivity contribution in [1.82, 2.24) is 19.2 Å². The largest absolute Gasteiger partial charge is 0.374 e. The summed E-state index contributed by atoms with van der Waals surface area (Å²) in [6, 6.07) is 6.38. The lowest BCUT2D eigenvalue weighted by Gasteiger charge is -2.34. The molecule has 2 aromatic rings. The van der Waals surface area contributed by atoms with Crippen LogP contribution in [0.2, 0.25) is 0 Å². The summed E-state index contributed by atoms with van der Waals surface area (Å²) < 4.78 is 8.19. The lowest BCUT2D eigenvalue weighted by molar-refractivity contribution is -0.0374. The summed E-state index contributed by atoms with van der Waals surface area (Å²) in [6.45, 7) is 6.12. The molecule has 1 aliphatic carbocycles. The van der Waals surface area contributed by atoms with Gasteiger partial charge in [0, 0.05) is 50.8 Å². The van der Waals surface area contributed by atoms with Gasteiger partial charge in [-0.05, 0) is 37.9 Å². The number of pyridine rings is 1. The summed E-state index contributed by atoms with van der Waals surface area (Å²) in [5.74, 6) is 0.887. The van der Waals surface area contributed by atoms with E-state index in [4.69, 9.17) is 4.74 Å². The van der Waals surface area contributed by atoms with Crippen molar-refractivity contribution in [2.75, 3.05) is 39.8 Å². The molecule has 0 unspecified atom stereocenters. The number of fused-ring (bicyclic) bond motifs is 1. The van der Waals surface area contributed by atoms with Crippen LogP contribution in [0.1, 0.15) is 18.5 Å². The van der Waals surface area contributed by atoms with Crippen molar-refractivity contribution in [3.8, 4) is 0 Å². The van der Waals surface area contributed by atoms with Gasteiger partial charge in [0.2, 0.25) is 0 Å². The van der Waals surface area contributed by atoms with E-state index in [1.807, 2.05) is 6.20 Å². The molecule has 2 aliphatic rings. The van der Waals surface area contributed by atoms with E-state index in [9.17, 15) is 0 Å². The van der Waals surface area contributed by atoms with Crippen LogP contribution in [-0.2, 0) is 11.3 Å². The number of aromatic nitrogens is 2. The van der Waals surface area contributed by atoms with Crippen molar-refractivity contribution in [3.63, 3.8) is 0 Å². The molecular weight excluding hydrogens is 288 g/mol. The lowest BCUT2D eigenvalue weighted by atomic mass is 10.2. The topological polar surface area (TPSA) is 33.0 Å². The maximum Gasteiger partial charge on any atom is 0.136 e. The van der Waals surface area contributed by atoms with E-state index >= 15 is 0 Å². The zero-order valence-electron chi connectivity index (χ0n) is 13.9. The Morgan fingerprint density at radius 3 is 3.04 bits per heavy atom. The second-order valence-electron chi connectivity index (χ2n) is 7.07. The van der Waals surface area contributed by atoms with E-state index < -0.39 is 0 Å². The third kappa shape index (κ3) is 3.74. The average molecular weight is 314 g/mol. The summed E-state index contributed by atoms with van der Waals surface area (Å²) >= 11 is 0. The number of nitrogens with zero attached hydrogens (tertiary/aromatic N) is 4. The van der Waals surface area contributed by atoms with Gasteiger partial charge in [-0.1, -0.05) is 6.07 Å². The molecule has 2 fully saturated rings. The van der Waals surface area contributed by atoms with E-state index in [1.165, 1.54) is 25.1 Å². The van der Waals surface area contributed by atoms with Crippen molar-refractivity contribution in [2.45, 2.75) is 25.5 Å². The van der Waals surface area contributed by atoms with Crippen LogP contribution in [0.4, 0.5) is 0 Å². The molecule has 5 heteroatoms. The Bertz CT molecular complexity index is 651. The summed E-state index contributed by atoms with van der Waals surface area (Å²) in [5.41, 5.74) is 2.34. The van der Waals surface area contributed by atoms with Gasteiger partial charge in [0.1, 0.15) is 5.65 Å². The molecule has 23 heavy (non-hydrogen) atoms. The van der Waals surface area contributed by atoms with Crippen LogP contribution in [-0.4, -0.2) is 65.1 Å². The molecule has 1 aliphatic heterocycles. The van der Waals surface area contributed by atoms with Crippen molar-refractivity contribution < 1.29 is 4.74 Å². The molecule has 3 heterocycles. The molecule has 1 saturated heterocycles. The minimum Gasteiger partial charge on any atom is -0.374 e.